The van der Waals surface area contributed by atoms with Gasteiger partial charge in [-0.3, -0.25) is 9.80 Å². The maximum Gasteiger partial charge on any atom is 0.0623 e. The highest BCUT2D eigenvalue weighted by Gasteiger charge is 2.33. The van der Waals surface area contributed by atoms with E-state index in [1.54, 1.807) is 0 Å². The molecule has 2 atom stereocenters. The second kappa shape index (κ2) is 6.53. The Hall–Kier alpha value is -0.160. The Kier molecular flexibility index (Phi) is 5.23. The molecule has 2 saturated heterocycles. The van der Waals surface area contributed by atoms with E-state index in [1.807, 2.05) is 0 Å². The summed E-state index contributed by atoms with van der Waals surface area (Å²) in [5.74, 6) is 0. The van der Waals surface area contributed by atoms with Gasteiger partial charge in [0.25, 0.3) is 0 Å². The lowest BCUT2D eigenvalue weighted by molar-refractivity contribution is 0.0252. The zero-order valence-electron chi connectivity index (χ0n) is 12.9. The largest absolute Gasteiger partial charge is 0.394 e. The molecule has 19 heavy (non-hydrogen) atoms. The van der Waals surface area contributed by atoms with E-state index >= 15 is 0 Å². The molecule has 0 radical (unpaired) electrons. The molecule has 2 aliphatic rings. The fraction of sp³-hybridized carbons (Fsp3) is 1.00. The monoisotopic (exact) mass is 269 g/mol. The summed E-state index contributed by atoms with van der Waals surface area (Å²) in [4.78, 5) is 5.20. The molecular weight excluding hydrogens is 238 g/mol. The minimum absolute atomic E-state index is 0.176. The van der Waals surface area contributed by atoms with E-state index in [0.717, 1.165) is 19.1 Å². The van der Waals surface area contributed by atoms with Gasteiger partial charge in [-0.2, -0.15) is 0 Å². The molecule has 0 aromatic heterocycles. The van der Waals surface area contributed by atoms with Gasteiger partial charge in [0.05, 0.1) is 12.1 Å². The summed E-state index contributed by atoms with van der Waals surface area (Å²) in [5, 5.41) is 13.2. The smallest absolute Gasteiger partial charge is 0.0623 e. The number of hydrogen-bond acceptors (Lipinski definition) is 4. The maximum absolute atomic E-state index is 9.70. The van der Waals surface area contributed by atoms with Crippen molar-refractivity contribution in [2.75, 3.05) is 39.3 Å². The van der Waals surface area contributed by atoms with Crippen molar-refractivity contribution in [3.05, 3.63) is 0 Å². The second-order valence-electron chi connectivity index (χ2n) is 6.94. The average molecular weight is 269 g/mol. The van der Waals surface area contributed by atoms with Crippen LogP contribution in [0.15, 0.2) is 0 Å². The van der Waals surface area contributed by atoms with Crippen LogP contribution in [-0.4, -0.2) is 71.9 Å². The molecule has 2 unspecified atom stereocenters. The molecule has 0 aromatic rings. The summed E-state index contributed by atoms with van der Waals surface area (Å²) in [5.41, 5.74) is -0.176. The van der Waals surface area contributed by atoms with Crippen LogP contribution in [0.1, 0.15) is 40.0 Å². The SMILES string of the molecule is CC(C)NC(C)(CO)CN1CCN2CCCCC2C1. The van der Waals surface area contributed by atoms with Crippen LogP contribution in [0, 0.1) is 0 Å². The minimum Gasteiger partial charge on any atom is -0.394 e. The molecule has 0 bridgehead atoms. The number of piperidine rings is 1. The summed E-state index contributed by atoms with van der Waals surface area (Å²) in [7, 11) is 0. The highest BCUT2D eigenvalue weighted by molar-refractivity contribution is 4.92. The van der Waals surface area contributed by atoms with Crippen molar-refractivity contribution >= 4 is 0 Å². The molecule has 112 valence electrons. The van der Waals surface area contributed by atoms with Crippen LogP contribution in [0.2, 0.25) is 0 Å². The number of hydrogen-bond donors (Lipinski definition) is 2. The van der Waals surface area contributed by atoms with Crippen LogP contribution in [0.3, 0.4) is 0 Å². The van der Waals surface area contributed by atoms with Crippen molar-refractivity contribution in [3.8, 4) is 0 Å². The number of aliphatic hydroxyl groups is 1. The second-order valence-corrected chi connectivity index (χ2v) is 6.94. The maximum atomic E-state index is 9.70. The average Bonchev–Trinajstić information content (AvgIpc) is 2.37. The van der Waals surface area contributed by atoms with E-state index in [9.17, 15) is 5.11 Å². The molecule has 0 saturated carbocycles. The van der Waals surface area contributed by atoms with Gasteiger partial charge >= 0.3 is 0 Å². The van der Waals surface area contributed by atoms with E-state index in [4.69, 9.17) is 0 Å². The first-order chi connectivity index (χ1) is 9.02. The first-order valence-electron chi connectivity index (χ1n) is 7.87. The number of nitrogens with one attached hydrogen (secondary N) is 1. The van der Waals surface area contributed by atoms with Gasteiger partial charge < -0.3 is 10.4 Å². The van der Waals surface area contributed by atoms with Crippen molar-refractivity contribution in [1.82, 2.24) is 15.1 Å². The molecule has 4 nitrogen and oxygen atoms in total. The standard InChI is InChI=1S/C15H31N3O/c1-13(2)16-15(3,12-19)11-17-8-9-18-7-5-4-6-14(18)10-17/h13-14,16,19H,4-12H2,1-3H3. The summed E-state index contributed by atoms with van der Waals surface area (Å²) >= 11 is 0. The molecular formula is C15H31N3O. The van der Waals surface area contributed by atoms with Gasteiger partial charge in [-0.15, -0.1) is 0 Å². The third kappa shape index (κ3) is 4.15. The molecule has 0 amide bonds. The molecule has 0 spiro atoms. The highest BCUT2D eigenvalue weighted by Crippen LogP contribution is 2.22. The Morgan fingerprint density at radius 1 is 1.26 bits per heavy atom. The normalized spacial score (nSPS) is 29.2. The molecule has 0 aromatic carbocycles. The highest BCUT2D eigenvalue weighted by atomic mass is 16.3. The van der Waals surface area contributed by atoms with Gasteiger partial charge in [0.2, 0.25) is 0 Å². The third-order valence-electron chi connectivity index (χ3n) is 4.48. The quantitative estimate of drug-likeness (QED) is 0.778. The third-order valence-corrected chi connectivity index (χ3v) is 4.48. The van der Waals surface area contributed by atoms with Gasteiger partial charge in [0.1, 0.15) is 0 Å². The molecule has 4 heteroatoms. The van der Waals surface area contributed by atoms with Gasteiger partial charge in [-0.1, -0.05) is 20.3 Å². The summed E-state index contributed by atoms with van der Waals surface area (Å²) in [6.07, 6.45) is 4.11. The number of piperazine rings is 1. The predicted molar refractivity (Wildman–Crippen MR) is 79.4 cm³/mol. The fourth-order valence-electron chi connectivity index (χ4n) is 3.70. The summed E-state index contributed by atoms with van der Waals surface area (Å²) in [6.45, 7) is 12.4. The van der Waals surface area contributed by atoms with E-state index in [0.29, 0.717) is 6.04 Å². The lowest BCUT2D eigenvalue weighted by Crippen LogP contribution is -2.61. The van der Waals surface area contributed by atoms with Crippen LogP contribution >= 0.6 is 0 Å². The Morgan fingerprint density at radius 3 is 2.74 bits per heavy atom. The van der Waals surface area contributed by atoms with Crippen molar-refractivity contribution in [1.29, 1.82) is 0 Å². The zero-order chi connectivity index (χ0) is 13.9. The van der Waals surface area contributed by atoms with Crippen LogP contribution < -0.4 is 5.32 Å². The first kappa shape index (κ1) is 15.2. The zero-order valence-corrected chi connectivity index (χ0v) is 12.9. The van der Waals surface area contributed by atoms with Gasteiger partial charge in [-0.05, 0) is 26.3 Å². The number of rotatable bonds is 5. The van der Waals surface area contributed by atoms with Crippen LogP contribution in [0.5, 0.6) is 0 Å². The number of nitrogens with zero attached hydrogens (tertiary/aromatic N) is 2. The van der Waals surface area contributed by atoms with E-state index < -0.39 is 0 Å². The van der Waals surface area contributed by atoms with Crippen molar-refractivity contribution in [2.45, 2.75) is 57.7 Å². The topological polar surface area (TPSA) is 38.7 Å². The molecule has 2 N–H and O–H groups in total. The van der Waals surface area contributed by atoms with Crippen LogP contribution in [-0.2, 0) is 0 Å². The lowest BCUT2D eigenvalue weighted by atomic mass is 9.96. The van der Waals surface area contributed by atoms with Gasteiger partial charge in [-0.25, -0.2) is 0 Å². The van der Waals surface area contributed by atoms with E-state index in [1.165, 1.54) is 38.9 Å². The Balaban J connectivity index is 1.88. The fourth-order valence-corrected chi connectivity index (χ4v) is 3.70. The lowest BCUT2D eigenvalue weighted by Gasteiger charge is -2.46. The Bertz CT molecular complexity index is 285. The summed E-state index contributed by atoms with van der Waals surface area (Å²) < 4.78 is 0. The van der Waals surface area contributed by atoms with E-state index in [-0.39, 0.29) is 12.1 Å². The minimum atomic E-state index is -0.176. The molecule has 0 aliphatic carbocycles. The van der Waals surface area contributed by atoms with Crippen molar-refractivity contribution in [3.63, 3.8) is 0 Å². The first-order valence-corrected chi connectivity index (χ1v) is 7.87. The van der Waals surface area contributed by atoms with Crippen molar-refractivity contribution < 1.29 is 5.11 Å². The molecule has 2 aliphatic heterocycles. The molecule has 2 rings (SSSR count). The van der Waals surface area contributed by atoms with Gasteiger partial charge in [0.15, 0.2) is 0 Å². The Morgan fingerprint density at radius 2 is 2.05 bits per heavy atom. The molecule has 2 fully saturated rings. The Labute approximate surface area is 118 Å². The molecule has 2 heterocycles. The van der Waals surface area contributed by atoms with Crippen LogP contribution in [0.25, 0.3) is 0 Å². The predicted octanol–water partition coefficient (Wildman–Crippen LogP) is 0.906. The number of fused-ring (bicyclic) bond motifs is 1. The summed E-state index contributed by atoms with van der Waals surface area (Å²) in [6, 6.07) is 1.16. The number of aliphatic hydroxyl groups excluding tert-OH is 1. The van der Waals surface area contributed by atoms with Crippen molar-refractivity contribution in [2.24, 2.45) is 0 Å². The van der Waals surface area contributed by atoms with Crippen LogP contribution in [0.4, 0.5) is 0 Å². The van der Waals surface area contributed by atoms with E-state index in [2.05, 4.69) is 35.9 Å². The van der Waals surface area contributed by atoms with Gasteiger partial charge in [0, 0.05) is 38.3 Å².